The molecule has 0 saturated carbocycles. The highest BCUT2D eigenvalue weighted by Gasteiger charge is 2.20. The number of ether oxygens (including phenoxy) is 1. The van der Waals surface area contributed by atoms with Gasteiger partial charge in [0.1, 0.15) is 12.1 Å². The maximum Gasteiger partial charge on any atom is 0.283 e. The molecule has 2 aromatic carbocycles. The van der Waals surface area contributed by atoms with Gasteiger partial charge in [-0.05, 0) is 35.7 Å². The number of methoxy groups -OCH3 is 1. The van der Waals surface area contributed by atoms with Gasteiger partial charge < -0.3 is 9.72 Å². The highest BCUT2D eigenvalue weighted by Crippen LogP contribution is 2.28. The predicted octanol–water partition coefficient (Wildman–Crippen LogP) is 3.51. The first kappa shape index (κ1) is 21.1. The largest absolute Gasteiger partial charge is 0.378 e. The minimum Gasteiger partial charge on any atom is -0.378 e. The van der Waals surface area contributed by atoms with Crippen molar-refractivity contribution in [1.29, 1.82) is 0 Å². The van der Waals surface area contributed by atoms with Crippen LogP contribution in [-0.2, 0) is 24.3 Å². The monoisotopic (exact) mass is 469 g/mol. The van der Waals surface area contributed by atoms with E-state index in [-0.39, 0.29) is 23.5 Å². The Hall–Kier alpha value is -4.44. The van der Waals surface area contributed by atoms with Gasteiger partial charge in [0.25, 0.3) is 5.56 Å². The normalized spacial score (nSPS) is 11.7. The van der Waals surface area contributed by atoms with Crippen molar-refractivity contribution in [3.05, 3.63) is 88.5 Å². The molecule has 10 heteroatoms. The van der Waals surface area contributed by atoms with Crippen LogP contribution in [0.2, 0.25) is 0 Å². The minimum absolute atomic E-state index is 0.121. The van der Waals surface area contributed by atoms with Gasteiger partial charge in [0.15, 0.2) is 16.8 Å². The third kappa shape index (κ3) is 3.55. The molecule has 6 aromatic rings. The Morgan fingerprint density at radius 1 is 1.09 bits per heavy atom. The Morgan fingerprint density at radius 2 is 1.94 bits per heavy atom. The van der Waals surface area contributed by atoms with E-state index in [0.29, 0.717) is 30.0 Å². The van der Waals surface area contributed by atoms with Crippen LogP contribution in [0.25, 0.3) is 38.8 Å². The number of H-pyrrole nitrogens is 1. The van der Waals surface area contributed by atoms with E-state index in [0.717, 1.165) is 27.6 Å². The minimum atomic E-state index is -0.319. The number of fused-ring (bicyclic) bond motifs is 4. The van der Waals surface area contributed by atoms with Gasteiger partial charge in [0.05, 0.1) is 17.9 Å². The molecule has 35 heavy (non-hydrogen) atoms. The van der Waals surface area contributed by atoms with Crippen LogP contribution in [0, 0.1) is 5.82 Å². The molecule has 0 unspecified atom stereocenters. The summed E-state index contributed by atoms with van der Waals surface area (Å²) in [6, 6.07) is 14.3. The van der Waals surface area contributed by atoms with E-state index in [1.165, 1.54) is 23.0 Å². The van der Waals surface area contributed by atoms with E-state index in [1.54, 1.807) is 17.7 Å². The number of nitrogens with one attached hydrogen (secondary N) is 1. The van der Waals surface area contributed by atoms with E-state index < -0.39 is 0 Å². The third-order valence-electron chi connectivity index (χ3n) is 6.07. The second-order valence-corrected chi connectivity index (χ2v) is 8.23. The van der Waals surface area contributed by atoms with Gasteiger partial charge in [-0.2, -0.15) is 9.61 Å². The highest BCUT2D eigenvalue weighted by molar-refractivity contribution is 5.84. The van der Waals surface area contributed by atoms with Crippen molar-refractivity contribution in [3.63, 3.8) is 0 Å². The molecular formula is C25H20FN7O2. The number of aryl methyl sites for hydroxylation is 2. The molecule has 174 valence electrons. The maximum atomic E-state index is 13.7. The van der Waals surface area contributed by atoms with Crippen molar-refractivity contribution < 1.29 is 9.13 Å². The average Bonchev–Trinajstić information content (AvgIpc) is 3.45. The molecule has 0 fully saturated rings. The van der Waals surface area contributed by atoms with Gasteiger partial charge in [0.2, 0.25) is 0 Å². The lowest BCUT2D eigenvalue weighted by molar-refractivity contribution is 0.181. The van der Waals surface area contributed by atoms with E-state index in [1.807, 2.05) is 36.5 Å². The van der Waals surface area contributed by atoms with Crippen molar-refractivity contribution in [1.82, 2.24) is 34.3 Å². The molecule has 9 nitrogen and oxygen atoms in total. The van der Waals surface area contributed by atoms with Crippen LogP contribution in [-0.4, -0.2) is 41.5 Å². The second-order valence-electron chi connectivity index (χ2n) is 8.23. The third-order valence-corrected chi connectivity index (χ3v) is 6.07. The first-order valence-corrected chi connectivity index (χ1v) is 11.1. The van der Waals surface area contributed by atoms with E-state index >= 15 is 0 Å². The number of hydrogen-bond donors (Lipinski definition) is 1. The molecular weight excluding hydrogens is 449 g/mol. The predicted molar refractivity (Wildman–Crippen MR) is 128 cm³/mol. The van der Waals surface area contributed by atoms with E-state index in [4.69, 9.17) is 4.74 Å². The smallest absolute Gasteiger partial charge is 0.283 e. The molecule has 1 N–H and O–H groups in total. The lowest BCUT2D eigenvalue weighted by Gasteiger charge is -2.06. The van der Waals surface area contributed by atoms with Crippen LogP contribution in [0.5, 0.6) is 0 Å². The van der Waals surface area contributed by atoms with Crippen LogP contribution in [0.1, 0.15) is 11.3 Å². The van der Waals surface area contributed by atoms with Gasteiger partial charge in [-0.15, -0.1) is 10.2 Å². The number of hydrogen-bond acceptors (Lipinski definition) is 6. The van der Waals surface area contributed by atoms with Gasteiger partial charge in [-0.1, -0.05) is 30.3 Å². The lowest BCUT2D eigenvalue weighted by Crippen LogP contribution is -2.23. The molecule has 0 radical (unpaired) electrons. The summed E-state index contributed by atoms with van der Waals surface area (Å²) >= 11 is 0. The topological polar surface area (TPSA) is 103 Å². The SMILES string of the molecule is COCc1nn2c(nnc3c(=O)n(CCc4c[nH]c5ccc(F)cc45)cnc32)c1-c1ccccc1. The number of aromatic nitrogens is 7. The summed E-state index contributed by atoms with van der Waals surface area (Å²) in [6.45, 7) is 0.631. The molecule has 0 bridgehead atoms. The summed E-state index contributed by atoms with van der Waals surface area (Å²) < 4.78 is 22.1. The van der Waals surface area contributed by atoms with Crippen LogP contribution in [0.3, 0.4) is 0 Å². The molecule has 4 aromatic heterocycles. The summed E-state index contributed by atoms with van der Waals surface area (Å²) in [5.41, 5.74) is 4.78. The van der Waals surface area contributed by atoms with E-state index in [9.17, 15) is 9.18 Å². The molecule has 0 spiro atoms. The summed E-state index contributed by atoms with van der Waals surface area (Å²) in [4.78, 5) is 20.9. The molecule has 6 rings (SSSR count). The summed E-state index contributed by atoms with van der Waals surface area (Å²) in [5.74, 6) is -0.302. The van der Waals surface area contributed by atoms with E-state index in [2.05, 4.69) is 25.3 Å². The van der Waals surface area contributed by atoms with Crippen molar-refractivity contribution in [2.24, 2.45) is 0 Å². The first-order chi connectivity index (χ1) is 17.1. The standard InChI is InChI=1S/C25H20FN7O2/c1-35-13-20-21(15-5-3-2-4-6-15)23-30-29-22-24(33(23)31-20)28-14-32(25(22)34)10-9-16-12-27-19-8-7-17(26)11-18(16)19/h2-8,11-12,14,27H,9-10,13H2,1H3. The zero-order valence-electron chi connectivity index (χ0n) is 18.8. The number of rotatable bonds is 6. The first-order valence-electron chi connectivity index (χ1n) is 11.1. The van der Waals surface area contributed by atoms with Crippen LogP contribution < -0.4 is 5.56 Å². The molecule has 0 saturated heterocycles. The van der Waals surface area contributed by atoms with Crippen LogP contribution in [0.15, 0.2) is 65.8 Å². The zero-order valence-corrected chi connectivity index (χ0v) is 18.8. The number of nitrogens with zero attached hydrogens (tertiary/aromatic N) is 6. The van der Waals surface area contributed by atoms with Crippen molar-refractivity contribution in [3.8, 4) is 11.1 Å². The number of aromatic amines is 1. The van der Waals surface area contributed by atoms with Crippen LogP contribution in [0.4, 0.5) is 4.39 Å². The Bertz CT molecular complexity index is 1760. The quantitative estimate of drug-likeness (QED) is 0.401. The highest BCUT2D eigenvalue weighted by atomic mass is 19.1. The van der Waals surface area contributed by atoms with Gasteiger partial charge in [0, 0.05) is 30.8 Å². The number of benzene rings is 2. The summed E-state index contributed by atoms with van der Waals surface area (Å²) in [7, 11) is 1.60. The maximum absolute atomic E-state index is 13.7. The molecule has 4 heterocycles. The zero-order chi connectivity index (χ0) is 23.9. The molecule has 0 aliphatic rings. The molecule has 0 aliphatic heterocycles. The van der Waals surface area contributed by atoms with Crippen molar-refractivity contribution >= 4 is 27.7 Å². The summed E-state index contributed by atoms with van der Waals surface area (Å²) in [6.07, 6.45) is 3.84. The van der Waals surface area contributed by atoms with Gasteiger partial charge >= 0.3 is 0 Å². The Balaban J connectivity index is 1.41. The fourth-order valence-electron chi connectivity index (χ4n) is 4.40. The Labute approximate surface area is 197 Å². The van der Waals surface area contributed by atoms with Crippen molar-refractivity contribution in [2.75, 3.05) is 7.11 Å². The van der Waals surface area contributed by atoms with Crippen LogP contribution >= 0.6 is 0 Å². The number of halogens is 1. The molecule has 0 atom stereocenters. The molecule has 0 aliphatic carbocycles. The molecule has 0 amide bonds. The average molecular weight is 469 g/mol. The lowest BCUT2D eigenvalue weighted by atomic mass is 10.1. The Kier molecular flexibility index (Phi) is 5.07. The van der Waals surface area contributed by atoms with Crippen molar-refractivity contribution in [2.45, 2.75) is 19.6 Å². The Morgan fingerprint density at radius 3 is 2.77 bits per heavy atom. The second kappa shape index (κ2) is 8.41. The fraction of sp³-hybridized carbons (Fsp3) is 0.160. The summed E-state index contributed by atoms with van der Waals surface area (Å²) in [5, 5.41) is 14.0. The fourth-order valence-corrected chi connectivity index (χ4v) is 4.40. The van der Waals surface area contributed by atoms with Gasteiger partial charge in [-0.3, -0.25) is 9.36 Å². The van der Waals surface area contributed by atoms with Gasteiger partial charge in [-0.25, -0.2) is 9.37 Å².